The van der Waals surface area contributed by atoms with Crippen molar-refractivity contribution in [2.24, 2.45) is 5.73 Å². The molecule has 6 nitrogen and oxygen atoms in total. The van der Waals surface area contributed by atoms with Crippen molar-refractivity contribution in [1.29, 1.82) is 5.26 Å². The molecule has 0 saturated heterocycles. The molecule has 0 radical (unpaired) electrons. The average Bonchev–Trinajstić information content (AvgIpc) is 3.35. The minimum atomic E-state index is -0.660. The van der Waals surface area contributed by atoms with Gasteiger partial charge >= 0.3 is 0 Å². The van der Waals surface area contributed by atoms with E-state index in [-0.39, 0.29) is 5.91 Å². The molecular formula is C21H20N4O2. The van der Waals surface area contributed by atoms with Crippen LogP contribution in [0.2, 0.25) is 0 Å². The summed E-state index contributed by atoms with van der Waals surface area (Å²) in [6.45, 7) is 0.437. The zero-order chi connectivity index (χ0) is 19.0. The van der Waals surface area contributed by atoms with Gasteiger partial charge in [0.1, 0.15) is 17.5 Å². The maximum absolute atomic E-state index is 11.9. The van der Waals surface area contributed by atoms with Crippen molar-refractivity contribution in [1.82, 2.24) is 9.88 Å². The Morgan fingerprint density at radius 3 is 2.63 bits per heavy atom. The molecule has 4 rings (SSSR count). The zero-order valence-corrected chi connectivity index (χ0v) is 15.0. The average molecular weight is 360 g/mol. The van der Waals surface area contributed by atoms with Crippen molar-refractivity contribution in [2.75, 3.05) is 7.11 Å². The van der Waals surface area contributed by atoms with Gasteiger partial charge in [-0.1, -0.05) is 12.1 Å². The van der Waals surface area contributed by atoms with Gasteiger partial charge in [-0.25, -0.2) is 0 Å². The van der Waals surface area contributed by atoms with Gasteiger partial charge in [0.25, 0.3) is 0 Å². The molecule has 0 bridgehead atoms. The van der Waals surface area contributed by atoms with E-state index in [0.717, 1.165) is 40.7 Å². The van der Waals surface area contributed by atoms with E-state index in [1.807, 2.05) is 53.1 Å². The molecular weight excluding hydrogens is 340 g/mol. The fourth-order valence-corrected chi connectivity index (χ4v) is 3.16. The third-order valence-corrected chi connectivity index (χ3v) is 5.01. The van der Waals surface area contributed by atoms with E-state index in [4.69, 9.17) is 10.5 Å². The first-order valence-corrected chi connectivity index (χ1v) is 8.80. The highest BCUT2D eigenvalue weighted by molar-refractivity contribution is 5.89. The summed E-state index contributed by atoms with van der Waals surface area (Å²) in [5.41, 5.74) is 8.59. The predicted molar refractivity (Wildman–Crippen MR) is 103 cm³/mol. The Kier molecular flexibility index (Phi) is 4.09. The highest BCUT2D eigenvalue weighted by atomic mass is 16.5. The van der Waals surface area contributed by atoms with Gasteiger partial charge in [0.2, 0.25) is 5.91 Å². The molecule has 1 aliphatic carbocycles. The minimum absolute atomic E-state index is 0.0938. The van der Waals surface area contributed by atoms with Crippen molar-refractivity contribution in [3.8, 4) is 17.5 Å². The van der Waals surface area contributed by atoms with E-state index in [1.165, 1.54) is 0 Å². The normalized spacial score (nSPS) is 14.6. The van der Waals surface area contributed by atoms with E-state index in [1.54, 1.807) is 7.11 Å². The number of aromatic nitrogens is 1. The largest absolute Gasteiger partial charge is 0.497 e. The Hall–Kier alpha value is -3.30. The maximum atomic E-state index is 11.9. The highest BCUT2D eigenvalue weighted by Crippen LogP contribution is 2.32. The molecule has 0 atom stereocenters. The minimum Gasteiger partial charge on any atom is -0.497 e. The number of ether oxygens (including phenoxy) is 1. The van der Waals surface area contributed by atoms with Crippen molar-refractivity contribution >= 4 is 16.8 Å². The van der Waals surface area contributed by atoms with Crippen LogP contribution in [0.15, 0.2) is 48.5 Å². The first-order valence-electron chi connectivity index (χ1n) is 8.80. The quantitative estimate of drug-likeness (QED) is 0.731. The van der Waals surface area contributed by atoms with E-state index in [2.05, 4.69) is 11.4 Å². The van der Waals surface area contributed by atoms with Crippen LogP contribution in [0.5, 0.6) is 5.75 Å². The number of amides is 1. The number of carbonyl (C=O) groups excluding carboxylic acids is 1. The molecule has 1 heterocycles. The number of nitrogens with one attached hydrogen (secondary N) is 1. The Balaban J connectivity index is 1.60. The summed E-state index contributed by atoms with van der Waals surface area (Å²) in [6.07, 6.45) is 1.50. The number of rotatable bonds is 5. The second kappa shape index (κ2) is 6.45. The number of hydrogen-bond acceptors (Lipinski definition) is 4. The second-order valence-corrected chi connectivity index (χ2v) is 6.91. The van der Waals surface area contributed by atoms with E-state index in [0.29, 0.717) is 12.2 Å². The summed E-state index contributed by atoms with van der Waals surface area (Å²) in [7, 11) is 1.62. The van der Waals surface area contributed by atoms with Gasteiger partial charge < -0.3 is 20.4 Å². The van der Waals surface area contributed by atoms with Crippen molar-refractivity contribution in [3.05, 3.63) is 59.8 Å². The van der Waals surface area contributed by atoms with Gasteiger partial charge in [-0.3, -0.25) is 4.79 Å². The molecule has 1 saturated carbocycles. The van der Waals surface area contributed by atoms with Crippen LogP contribution in [0, 0.1) is 11.3 Å². The number of methoxy groups -OCH3 is 1. The summed E-state index contributed by atoms with van der Waals surface area (Å²) in [4.78, 5) is 11.9. The van der Waals surface area contributed by atoms with Crippen molar-refractivity contribution in [2.45, 2.75) is 24.9 Å². The van der Waals surface area contributed by atoms with E-state index in [9.17, 15) is 10.1 Å². The molecule has 0 unspecified atom stereocenters. The fraction of sp³-hybridized carbons (Fsp3) is 0.238. The monoisotopic (exact) mass is 360 g/mol. The first kappa shape index (κ1) is 17.1. The summed E-state index contributed by atoms with van der Waals surface area (Å²) >= 11 is 0. The summed E-state index contributed by atoms with van der Waals surface area (Å²) < 4.78 is 7.18. The van der Waals surface area contributed by atoms with Crippen LogP contribution < -0.4 is 15.8 Å². The van der Waals surface area contributed by atoms with Crippen LogP contribution in [0.4, 0.5) is 0 Å². The Morgan fingerprint density at radius 2 is 2.00 bits per heavy atom. The van der Waals surface area contributed by atoms with Crippen LogP contribution in [0.25, 0.3) is 16.6 Å². The molecule has 3 N–H and O–H groups in total. The highest BCUT2D eigenvalue weighted by Gasteiger charge is 2.45. The number of nitrogens with zero attached hydrogens (tertiary/aromatic N) is 2. The molecule has 1 amide bonds. The SMILES string of the molecule is COc1ccc2c(c1)cc(C#N)n2-c1ccc(CNC(=O)C2(N)CC2)cc1. The Labute approximate surface area is 157 Å². The summed E-state index contributed by atoms with van der Waals surface area (Å²) in [6, 6.07) is 17.6. The van der Waals surface area contributed by atoms with Crippen LogP contribution in [-0.2, 0) is 11.3 Å². The van der Waals surface area contributed by atoms with E-state index < -0.39 is 5.54 Å². The summed E-state index contributed by atoms with van der Waals surface area (Å²) in [5.74, 6) is 0.660. The van der Waals surface area contributed by atoms with Crippen LogP contribution >= 0.6 is 0 Å². The molecule has 1 aromatic heterocycles. The van der Waals surface area contributed by atoms with Crippen LogP contribution in [0.3, 0.4) is 0 Å². The summed E-state index contributed by atoms with van der Waals surface area (Å²) in [5, 5.41) is 13.4. The standard InChI is InChI=1S/C21H20N4O2/c1-27-18-6-7-19-15(11-18)10-17(12-22)25(19)16-4-2-14(3-5-16)13-24-20(26)21(23)8-9-21/h2-7,10-11H,8-9,13,23H2,1H3,(H,24,26). The number of nitriles is 1. The lowest BCUT2D eigenvalue weighted by molar-refractivity contribution is -0.123. The molecule has 2 aromatic carbocycles. The lowest BCUT2D eigenvalue weighted by Crippen LogP contribution is -2.42. The topological polar surface area (TPSA) is 93.1 Å². The van der Waals surface area contributed by atoms with Crippen LogP contribution in [0.1, 0.15) is 24.1 Å². The van der Waals surface area contributed by atoms with E-state index >= 15 is 0 Å². The molecule has 1 aliphatic rings. The molecule has 3 aromatic rings. The number of nitrogens with two attached hydrogens (primary N) is 1. The van der Waals surface area contributed by atoms with Gasteiger partial charge in [0.15, 0.2) is 0 Å². The molecule has 0 spiro atoms. The number of fused-ring (bicyclic) bond motifs is 1. The zero-order valence-electron chi connectivity index (χ0n) is 15.0. The lowest BCUT2D eigenvalue weighted by Gasteiger charge is -2.11. The number of hydrogen-bond donors (Lipinski definition) is 2. The van der Waals surface area contributed by atoms with Gasteiger partial charge in [-0.15, -0.1) is 0 Å². The van der Waals surface area contributed by atoms with Gasteiger partial charge in [-0.05, 0) is 54.8 Å². The van der Waals surface area contributed by atoms with Crippen molar-refractivity contribution in [3.63, 3.8) is 0 Å². The number of benzene rings is 2. The van der Waals surface area contributed by atoms with Gasteiger partial charge in [-0.2, -0.15) is 5.26 Å². The third-order valence-electron chi connectivity index (χ3n) is 5.01. The lowest BCUT2D eigenvalue weighted by atomic mass is 10.2. The molecule has 1 fully saturated rings. The second-order valence-electron chi connectivity index (χ2n) is 6.91. The fourth-order valence-electron chi connectivity index (χ4n) is 3.16. The molecule has 6 heteroatoms. The number of carbonyl (C=O) groups is 1. The van der Waals surface area contributed by atoms with Crippen molar-refractivity contribution < 1.29 is 9.53 Å². The smallest absolute Gasteiger partial charge is 0.240 e. The molecule has 136 valence electrons. The van der Waals surface area contributed by atoms with Crippen LogP contribution in [-0.4, -0.2) is 23.1 Å². The molecule has 0 aliphatic heterocycles. The van der Waals surface area contributed by atoms with Gasteiger partial charge in [0, 0.05) is 17.6 Å². The first-order chi connectivity index (χ1) is 13.0. The maximum Gasteiger partial charge on any atom is 0.240 e. The predicted octanol–water partition coefficient (Wildman–Crippen LogP) is 2.62. The van der Waals surface area contributed by atoms with Gasteiger partial charge in [0.05, 0.1) is 18.2 Å². The third kappa shape index (κ3) is 3.14. The Bertz CT molecular complexity index is 1060. The molecule has 27 heavy (non-hydrogen) atoms. The Morgan fingerprint density at radius 1 is 1.26 bits per heavy atom.